The van der Waals surface area contributed by atoms with Crippen molar-refractivity contribution >= 4 is 40.8 Å². The van der Waals surface area contributed by atoms with E-state index in [4.69, 9.17) is 26.1 Å². The summed E-state index contributed by atoms with van der Waals surface area (Å²) < 4.78 is 31.7. The Kier molecular flexibility index (Phi) is 7.96. The van der Waals surface area contributed by atoms with E-state index in [0.29, 0.717) is 22.5 Å². The minimum Gasteiger partial charge on any atom is -0.475 e. The molecule has 4 rings (SSSR count). The van der Waals surface area contributed by atoms with Crippen LogP contribution in [0.5, 0.6) is 0 Å². The summed E-state index contributed by atoms with van der Waals surface area (Å²) in [5, 5.41) is 35.0. The molecule has 3 aromatic rings. The lowest BCUT2D eigenvalue weighted by atomic mass is 10.0. The van der Waals surface area contributed by atoms with E-state index < -0.39 is 12.1 Å². The van der Waals surface area contributed by atoms with Crippen LogP contribution in [0.3, 0.4) is 0 Å². The molecule has 1 aliphatic carbocycles. The van der Waals surface area contributed by atoms with Gasteiger partial charge in [-0.2, -0.15) is 29.8 Å². The molecule has 1 aliphatic rings. The van der Waals surface area contributed by atoms with Crippen molar-refractivity contribution in [2.75, 3.05) is 11.1 Å². The fraction of sp³-hybridized carbons (Fsp3) is 0.167. The van der Waals surface area contributed by atoms with Gasteiger partial charge in [-0.05, 0) is 47.0 Å². The third-order valence-electron chi connectivity index (χ3n) is 5.38. The number of nitrogens with zero attached hydrogens (tertiary/aromatic N) is 2. The van der Waals surface area contributed by atoms with Gasteiger partial charge in [0.05, 0.1) is 11.8 Å². The first-order valence-electron chi connectivity index (χ1n) is 10.3. The minimum absolute atomic E-state index is 0.0506. The first-order valence-corrected chi connectivity index (χ1v) is 11.2. The summed E-state index contributed by atoms with van der Waals surface area (Å²) in [7, 11) is 0. The monoisotopic (exact) mass is 516 g/mol. The second-order valence-corrected chi connectivity index (χ2v) is 8.47. The highest BCUT2D eigenvalue weighted by Gasteiger charge is 2.45. The lowest BCUT2D eigenvalue weighted by Crippen LogP contribution is -2.21. The molecule has 0 saturated heterocycles. The number of nitrogen functional groups attached to an aromatic ring is 1. The van der Waals surface area contributed by atoms with Crippen LogP contribution in [0.4, 0.5) is 24.5 Å². The van der Waals surface area contributed by atoms with Gasteiger partial charge in [-0.15, -0.1) is 0 Å². The molecule has 12 heteroatoms. The number of carbonyl (C=O) groups excluding carboxylic acids is 1. The Hall–Kier alpha value is -4.37. The molecular weight excluding hydrogens is 497 g/mol. The van der Waals surface area contributed by atoms with Crippen LogP contribution in [-0.2, 0) is 9.59 Å². The maximum atomic E-state index is 12.7. The highest BCUT2D eigenvalue weighted by molar-refractivity contribution is 7.08. The van der Waals surface area contributed by atoms with Crippen molar-refractivity contribution in [2.45, 2.75) is 18.5 Å². The quantitative estimate of drug-likeness (QED) is 0.161. The molecule has 2 atom stereocenters. The van der Waals surface area contributed by atoms with E-state index in [1.165, 1.54) is 17.6 Å². The maximum Gasteiger partial charge on any atom is 0.490 e. The molecule has 0 aliphatic heterocycles. The SMILES string of the molecule is N#Cc1cscc1-c1ccc(NC(=O)[C@@H]2C[C@@H]2c2cccc(N)c2C=NO)cc1.O=C(O)C(F)(F)F. The minimum atomic E-state index is -5.08. The summed E-state index contributed by atoms with van der Waals surface area (Å²) in [6.07, 6.45) is -3.04. The van der Waals surface area contributed by atoms with E-state index >= 15 is 0 Å². The topological polar surface area (TPSA) is 149 Å². The predicted molar refractivity (Wildman–Crippen MR) is 128 cm³/mol. The Morgan fingerprint density at radius 2 is 1.86 bits per heavy atom. The Labute approximate surface area is 207 Å². The second-order valence-electron chi connectivity index (χ2n) is 7.72. The van der Waals surface area contributed by atoms with Gasteiger partial charge in [0.15, 0.2) is 0 Å². The van der Waals surface area contributed by atoms with E-state index in [0.717, 1.165) is 23.1 Å². The molecule has 0 unspecified atom stereocenters. The summed E-state index contributed by atoms with van der Waals surface area (Å²) in [4.78, 5) is 21.6. The fourth-order valence-corrected chi connectivity index (χ4v) is 4.32. The number of hydrogen-bond acceptors (Lipinski definition) is 7. The van der Waals surface area contributed by atoms with Crippen LogP contribution >= 0.6 is 11.3 Å². The first kappa shape index (κ1) is 26.2. The van der Waals surface area contributed by atoms with Crippen LogP contribution in [0.25, 0.3) is 11.1 Å². The molecule has 1 heterocycles. The second kappa shape index (κ2) is 10.9. The molecule has 1 fully saturated rings. The number of hydrogen-bond donors (Lipinski definition) is 4. The molecule has 0 spiro atoms. The number of nitrogens with two attached hydrogens (primary N) is 1. The van der Waals surface area contributed by atoms with Crippen molar-refractivity contribution in [3.63, 3.8) is 0 Å². The average Bonchev–Trinajstić information content (AvgIpc) is 3.49. The number of anilines is 2. The number of nitriles is 1. The lowest BCUT2D eigenvalue weighted by molar-refractivity contribution is -0.192. The zero-order valence-electron chi connectivity index (χ0n) is 18.4. The van der Waals surface area contributed by atoms with Crippen LogP contribution in [0.1, 0.15) is 29.0 Å². The predicted octanol–water partition coefficient (Wildman–Crippen LogP) is 5.05. The Morgan fingerprint density at radius 3 is 2.44 bits per heavy atom. The first-order chi connectivity index (χ1) is 17.1. The Bertz CT molecular complexity index is 1330. The van der Waals surface area contributed by atoms with E-state index in [2.05, 4.69) is 16.5 Å². The van der Waals surface area contributed by atoms with Crippen molar-refractivity contribution in [2.24, 2.45) is 11.1 Å². The van der Waals surface area contributed by atoms with E-state index in [1.807, 2.05) is 47.2 Å². The summed E-state index contributed by atoms with van der Waals surface area (Å²) in [5.41, 5.74) is 11.3. The number of carbonyl (C=O) groups is 2. The van der Waals surface area contributed by atoms with Crippen LogP contribution in [-0.4, -0.2) is 34.6 Å². The number of rotatable bonds is 5. The summed E-state index contributed by atoms with van der Waals surface area (Å²) in [5.74, 6) is -2.91. The number of carboxylic acid groups (broad SMARTS) is 1. The largest absolute Gasteiger partial charge is 0.490 e. The molecule has 5 N–H and O–H groups in total. The molecule has 1 amide bonds. The van der Waals surface area contributed by atoms with Crippen molar-refractivity contribution in [3.8, 4) is 17.2 Å². The number of benzene rings is 2. The summed E-state index contributed by atoms with van der Waals surface area (Å²) in [6.45, 7) is 0. The molecule has 1 aromatic heterocycles. The van der Waals surface area contributed by atoms with Crippen molar-refractivity contribution in [1.82, 2.24) is 0 Å². The average molecular weight is 517 g/mol. The lowest BCUT2D eigenvalue weighted by Gasteiger charge is -2.09. The number of nitrogens with one attached hydrogen (secondary N) is 1. The third-order valence-corrected chi connectivity index (χ3v) is 6.12. The Balaban J connectivity index is 0.000000454. The number of halogens is 3. The molecule has 1 saturated carbocycles. The molecule has 186 valence electrons. The van der Waals surface area contributed by atoms with Gasteiger partial charge in [0, 0.05) is 33.8 Å². The smallest absolute Gasteiger partial charge is 0.475 e. The zero-order valence-corrected chi connectivity index (χ0v) is 19.2. The van der Waals surface area contributed by atoms with Gasteiger partial charge >= 0.3 is 12.1 Å². The van der Waals surface area contributed by atoms with E-state index in [1.54, 1.807) is 6.07 Å². The maximum absolute atomic E-state index is 12.7. The number of oxime groups is 1. The van der Waals surface area contributed by atoms with Gasteiger partial charge in [-0.1, -0.05) is 29.4 Å². The van der Waals surface area contributed by atoms with Crippen molar-refractivity contribution < 1.29 is 33.1 Å². The van der Waals surface area contributed by atoms with E-state index in [9.17, 15) is 18.0 Å². The summed E-state index contributed by atoms with van der Waals surface area (Å²) in [6, 6.07) is 15.2. The molecule has 8 nitrogen and oxygen atoms in total. The molecule has 0 bridgehead atoms. The Morgan fingerprint density at radius 1 is 1.19 bits per heavy atom. The number of thiophene rings is 1. The van der Waals surface area contributed by atoms with Crippen LogP contribution < -0.4 is 11.1 Å². The van der Waals surface area contributed by atoms with Gasteiger partial charge in [-0.3, -0.25) is 4.79 Å². The van der Waals surface area contributed by atoms with Crippen LogP contribution in [0.2, 0.25) is 0 Å². The van der Waals surface area contributed by atoms with Crippen molar-refractivity contribution in [3.05, 3.63) is 69.9 Å². The van der Waals surface area contributed by atoms with Gasteiger partial charge in [0.1, 0.15) is 6.07 Å². The van der Waals surface area contributed by atoms with E-state index in [-0.39, 0.29) is 17.7 Å². The van der Waals surface area contributed by atoms with Gasteiger partial charge in [0.25, 0.3) is 0 Å². The standard InChI is InChI=1S/C22H18N4O2S.C2HF3O2/c23-9-14-11-29-12-20(14)13-4-6-15(7-5-13)26-22(27)18-8-17(18)16-2-1-3-21(24)19(16)10-25-28;3-2(4,5)1(6)7/h1-7,10-12,17-18,28H,8,24H2,(H,26,27);(H,6,7)/t17-,18-;/m1./s1. The highest BCUT2D eigenvalue weighted by atomic mass is 32.1. The van der Waals surface area contributed by atoms with Crippen LogP contribution in [0.15, 0.2) is 58.4 Å². The number of alkyl halides is 3. The molecule has 0 radical (unpaired) electrons. The van der Waals surface area contributed by atoms with Crippen molar-refractivity contribution in [1.29, 1.82) is 5.26 Å². The van der Waals surface area contributed by atoms with Gasteiger partial charge in [0.2, 0.25) is 5.91 Å². The number of carboxylic acids is 1. The molecular formula is C24H19F3N4O4S. The molecule has 2 aromatic carbocycles. The summed E-state index contributed by atoms with van der Waals surface area (Å²) >= 11 is 1.49. The highest BCUT2D eigenvalue weighted by Crippen LogP contribution is 2.49. The third kappa shape index (κ3) is 6.19. The van der Waals surface area contributed by atoms with Crippen LogP contribution in [0, 0.1) is 17.2 Å². The number of aliphatic carboxylic acids is 1. The molecule has 36 heavy (non-hydrogen) atoms. The number of amides is 1. The zero-order chi connectivity index (χ0) is 26.5. The van der Waals surface area contributed by atoms with Gasteiger partial charge < -0.3 is 21.4 Å². The normalized spacial score (nSPS) is 16.5. The fourth-order valence-electron chi connectivity index (χ4n) is 3.54. The van der Waals surface area contributed by atoms with Gasteiger partial charge in [-0.25, -0.2) is 4.79 Å².